The number of amides is 1. The maximum absolute atomic E-state index is 11.7. The molecule has 104 valence electrons. The Morgan fingerprint density at radius 3 is 2.80 bits per heavy atom. The average Bonchev–Trinajstić information content (AvgIpc) is 2.89. The van der Waals surface area contributed by atoms with Gasteiger partial charge in [-0.3, -0.25) is 4.79 Å². The molecule has 0 fully saturated rings. The SMILES string of the molecule is O=C(CCn1ccnc1)Nc1ccc(C(=O)O)c(Cl)c1. The van der Waals surface area contributed by atoms with Crippen molar-refractivity contribution >= 4 is 29.2 Å². The molecule has 7 heteroatoms. The Bertz CT molecular complexity index is 626. The molecular formula is C13H12ClN3O3. The number of nitrogens with zero attached hydrogens (tertiary/aromatic N) is 2. The number of anilines is 1. The molecule has 0 radical (unpaired) electrons. The minimum absolute atomic E-state index is 0.00285. The van der Waals surface area contributed by atoms with Gasteiger partial charge in [-0.15, -0.1) is 0 Å². The first-order valence-electron chi connectivity index (χ1n) is 5.84. The van der Waals surface area contributed by atoms with Gasteiger partial charge in [0.05, 0.1) is 16.9 Å². The van der Waals surface area contributed by atoms with E-state index in [2.05, 4.69) is 10.3 Å². The highest BCUT2D eigenvalue weighted by Gasteiger charge is 2.10. The summed E-state index contributed by atoms with van der Waals surface area (Å²) < 4.78 is 1.79. The number of aromatic carboxylic acids is 1. The van der Waals surface area contributed by atoms with Crippen molar-refractivity contribution in [2.75, 3.05) is 5.32 Å². The van der Waals surface area contributed by atoms with Crippen molar-refractivity contribution in [1.82, 2.24) is 9.55 Å². The van der Waals surface area contributed by atoms with Gasteiger partial charge in [0.1, 0.15) is 0 Å². The largest absolute Gasteiger partial charge is 0.478 e. The van der Waals surface area contributed by atoms with Crippen LogP contribution in [0.1, 0.15) is 16.8 Å². The summed E-state index contributed by atoms with van der Waals surface area (Å²) in [6.07, 6.45) is 5.33. The van der Waals surface area contributed by atoms with Crippen molar-refractivity contribution < 1.29 is 14.7 Å². The fourth-order valence-corrected chi connectivity index (χ4v) is 1.90. The number of hydrogen-bond acceptors (Lipinski definition) is 3. The summed E-state index contributed by atoms with van der Waals surface area (Å²) >= 11 is 5.82. The van der Waals surface area contributed by atoms with Gasteiger partial charge < -0.3 is 15.0 Å². The number of benzene rings is 1. The predicted molar refractivity (Wildman–Crippen MR) is 73.9 cm³/mol. The summed E-state index contributed by atoms with van der Waals surface area (Å²) in [7, 11) is 0. The lowest BCUT2D eigenvalue weighted by Crippen LogP contribution is -2.14. The standard InChI is InChI=1S/C13H12ClN3O3/c14-11-7-9(1-2-10(11)13(19)20)16-12(18)3-5-17-6-4-15-8-17/h1-2,4,6-8H,3,5H2,(H,16,18)(H,19,20). The minimum Gasteiger partial charge on any atom is -0.478 e. The molecule has 2 aromatic rings. The molecule has 20 heavy (non-hydrogen) atoms. The number of aryl methyl sites for hydroxylation is 1. The van der Waals surface area contributed by atoms with Gasteiger partial charge in [-0.25, -0.2) is 9.78 Å². The highest BCUT2D eigenvalue weighted by atomic mass is 35.5. The van der Waals surface area contributed by atoms with Crippen molar-refractivity contribution in [3.8, 4) is 0 Å². The van der Waals surface area contributed by atoms with Crippen LogP contribution in [0.25, 0.3) is 0 Å². The number of aromatic nitrogens is 2. The zero-order chi connectivity index (χ0) is 14.5. The summed E-state index contributed by atoms with van der Waals surface area (Å²) in [5.41, 5.74) is 0.471. The van der Waals surface area contributed by atoms with Crippen LogP contribution in [0.3, 0.4) is 0 Å². The van der Waals surface area contributed by atoms with E-state index in [-0.39, 0.29) is 22.9 Å². The van der Waals surface area contributed by atoms with Crippen LogP contribution in [-0.2, 0) is 11.3 Å². The van der Waals surface area contributed by atoms with Crippen LogP contribution in [0.2, 0.25) is 5.02 Å². The second-order valence-electron chi connectivity index (χ2n) is 4.10. The molecule has 0 atom stereocenters. The van der Waals surface area contributed by atoms with Gasteiger partial charge in [0.25, 0.3) is 0 Å². The van der Waals surface area contributed by atoms with Crippen LogP contribution in [-0.4, -0.2) is 26.5 Å². The third kappa shape index (κ3) is 3.58. The van der Waals surface area contributed by atoms with Crippen LogP contribution >= 0.6 is 11.6 Å². The van der Waals surface area contributed by atoms with Crippen molar-refractivity contribution in [2.45, 2.75) is 13.0 Å². The zero-order valence-corrected chi connectivity index (χ0v) is 11.2. The van der Waals surface area contributed by atoms with E-state index in [0.717, 1.165) is 0 Å². The van der Waals surface area contributed by atoms with Gasteiger partial charge in [0, 0.05) is 31.0 Å². The smallest absolute Gasteiger partial charge is 0.337 e. The number of carbonyl (C=O) groups excluding carboxylic acids is 1. The molecule has 1 aromatic heterocycles. The first kappa shape index (κ1) is 14.1. The Kier molecular flexibility index (Phi) is 4.37. The van der Waals surface area contributed by atoms with Gasteiger partial charge in [-0.2, -0.15) is 0 Å². The summed E-state index contributed by atoms with van der Waals surface area (Å²) in [5.74, 6) is -1.29. The Morgan fingerprint density at radius 1 is 1.40 bits per heavy atom. The second-order valence-corrected chi connectivity index (χ2v) is 4.51. The number of halogens is 1. The number of carbonyl (C=O) groups is 2. The monoisotopic (exact) mass is 293 g/mol. The van der Waals surface area contributed by atoms with Crippen molar-refractivity contribution in [2.24, 2.45) is 0 Å². The zero-order valence-electron chi connectivity index (χ0n) is 10.4. The lowest BCUT2D eigenvalue weighted by atomic mass is 10.2. The van der Waals surface area contributed by atoms with Crippen LogP contribution < -0.4 is 5.32 Å². The second kappa shape index (κ2) is 6.21. The number of carboxylic acids is 1. The first-order valence-corrected chi connectivity index (χ1v) is 6.22. The molecule has 2 N–H and O–H groups in total. The number of carboxylic acid groups (broad SMARTS) is 1. The van der Waals surface area contributed by atoms with Crippen molar-refractivity contribution in [3.05, 3.63) is 47.5 Å². The Balaban J connectivity index is 1.94. The van der Waals surface area contributed by atoms with Crippen LogP contribution in [0, 0.1) is 0 Å². The number of imidazole rings is 1. The number of rotatable bonds is 5. The molecule has 0 aliphatic rings. The molecule has 0 aliphatic carbocycles. The van der Waals surface area contributed by atoms with Crippen LogP contribution in [0.5, 0.6) is 0 Å². The summed E-state index contributed by atoms with van der Waals surface area (Å²) in [4.78, 5) is 26.4. The molecule has 6 nitrogen and oxygen atoms in total. The van der Waals surface area contributed by atoms with E-state index in [4.69, 9.17) is 16.7 Å². The molecule has 0 saturated carbocycles. The molecular weight excluding hydrogens is 282 g/mol. The molecule has 0 unspecified atom stereocenters. The van der Waals surface area contributed by atoms with E-state index < -0.39 is 5.97 Å². The maximum Gasteiger partial charge on any atom is 0.337 e. The molecule has 0 spiro atoms. The molecule has 1 aromatic carbocycles. The van der Waals surface area contributed by atoms with E-state index in [0.29, 0.717) is 12.2 Å². The van der Waals surface area contributed by atoms with Crippen molar-refractivity contribution in [3.63, 3.8) is 0 Å². The quantitative estimate of drug-likeness (QED) is 0.885. The van der Waals surface area contributed by atoms with Crippen molar-refractivity contribution in [1.29, 1.82) is 0 Å². The molecule has 1 heterocycles. The fraction of sp³-hybridized carbons (Fsp3) is 0.154. The fourth-order valence-electron chi connectivity index (χ4n) is 1.64. The molecule has 2 rings (SSSR count). The first-order chi connectivity index (χ1) is 9.56. The lowest BCUT2D eigenvalue weighted by Gasteiger charge is -2.07. The summed E-state index contributed by atoms with van der Waals surface area (Å²) in [6, 6.07) is 4.28. The van der Waals surface area contributed by atoms with E-state index >= 15 is 0 Å². The molecule has 0 bridgehead atoms. The van der Waals surface area contributed by atoms with Gasteiger partial charge in [0.15, 0.2) is 0 Å². The lowest BCUT2D eigenvalue weighted by molar-refractivity contribution is -0.116. The number of hydrogen-bond donors (Lipinski definition) is 2. The average molecular weight is 294 g/mol. The maximum atomic E-state index is 11.7. The highest BCUT2D eigenvalue weighted by molar-refractivity contribution is 6.33. The van der Waals surface area contributed by atoms with E-state index in [1.807, 2.05) is 0 Å². The topological polar surface area (TPSA) is 84.2 Å². The van der Waals surface area contributed by atoms with Crippen LogP contribution in [0.4, 0.5) is 5.69 Å². The van der Waals surface area contributed by atoms with Gasteiger partial charge in [0.2, 0.25) is 5.91 Å². The molecule has 0 saturated heterocycles. The van der Waals surface area contributed by atoms with Gasteiger partial charge in [-0.1, -0.05) is 11.6 Å². The minimum atomic E-state index is -1.10. The van der Waals surface area contributed by atoms with E-state index in [1.165, 1.54) is 18.2 Å². The Hall–Kier alpha value is -2.34. The Labute approximate surface area is 120 Å². The third-order valence-corrected chi connectivity index (χ3v) is 2.95. The number of nitrogens with one attached hydrogen (secondary N) is 1. The third-order valence-electron chi connectivity index (χ3n) is 2.64. The normalized spacial score (nSPS) is 10.2. The Morgan fingerprint density at radius 2 is 2.20 bits per heavy atom. The molecule has 1 amide bonds. The van der Waals surface area contributed by atoms with Crippen LogP contribution in [0.15, 0.2) is 36.9 Å². The van der Waals surface area contributed by atoms with Gasteiger partial charge >= 0.3 is 5.97 Å². The predicted octanol–water partition coefficient (Wildman–Crippen LogP) is 2.26. The van der Waals surface area contributed by atoms with E-state index in [1.54, 1.807) is 23.3 Å². The summed E-state index contributed by atoms with van der Waals surface area (Å²) in [6.45, 7) is 0.521. The summed E-state index contributed by atoms with van der Waals surface area (Å²) in [5, 5.41) is 11.6. The highest BCUT2D eigenvalue weighted by Crippen LogP contribution is 2.21. The molecule has 0 aliphatic heterocycles. The van der Waals surface area contributed by atoms with Gasteiger partial charge in [-0.05, 0) is 18.2 Å². The van der Waals surface area contributed by atoms with E-state index in [9.17, 15) is 9.59 Å².